The number of fused-ring (bicyclic) bond motifs is 4. The molecule has 4 rings (SSSR count). The molecule has 130 valence electrons. The molecule has 0 radical (unpaired) electrons. The summed E-state index contributed by atoms with van der Waals surface area (Å²) in [7, 11) is 1.65. The fourth-order valence-corrected chi connectivity index (χ4v) is 3.87. The van der Waals surface area contributed by atoms with Crippen LogP contribution in [0.2, 0.25) is 0 Å². The molecule has 1 aromatic carbocycles. The van der Waals surface area contributed by atoms with E-state index >= 15 is 0 Å². The Morgan fingerprint density at radius 1 is 1.21 bits per heavy atom. The lowest BCUT2D eigenvalue weighted by molar-refractivity contribution is -0.136. The van der Waals surface area contributed by atoms with Crippen LogP contribution >= 0.6 is 0 Å². The van der Waals surface area contributed by atoms with E-state index < -0.39 is 0 Å². The number of amides is 2. The number of rotatable bonds is 4. The van der Waals surface area contributed by atoms with Gasteiger partial charge in [-0.2, -0.15) is 0 Å². The number of aryl methyl sites for hydroxylation is 1. The van der Waals surface area contributed by atoms with E-state index in [2.05, 4.69) is 0 Å². The van der Waals surface area contributed by atoms with Gasteiger partial charge in [0.05, 0.1) is 7.11 Å². The standard InChI is InChI=1S/C19H26N2O3/c1-14(22)20-11-16-6-8-17(13-20)21(12-16)19(23)9-7-15-4-3-5-18(10-15)24-2/h3-5,10,16-17H,6-9,11-13H2,1-2H3/t16-,17+/m1/s1. The predicted molar refractivity (Wildman–Crippen MR) is 91.8 cm³/mol. The van der Waals surface area contributed by atoms with Crippen LogP contribution in [0.4, 0.5) is 0 Å². The number of benzene rings is 1. The third-order valence-corrected chi connectivity index (χ3v) is 5.24. The lowest BCUT2D eigenvalue weighted by atomic mass is 9.94. The normalized spacial score (nSPS) is 23.1. The fourth-order valence-electron chi connectivity index (χ4n) is 3.87. The molecule has 3 fully saturated rings. The molecule has 0 unspecified atom stereocenters. The van der Waals surface area contributed by atoms with Crippen molar-refractivity contribution >= 4 is 11.8 Å². The van der Waals surface area contributed by atoms with Gasteiger partial charge in [0.15, 0.2) is 0 Å². The Hall–Kier alpha value is -2.04. The molecule has 0 N–H and O–H groups in total. The van der Waals surface area contributed by atoms with Crippen molar-refractivity contribution < 1.29 is 14.3 Å². The molecule has 0 aliphatic carbocycles. The maximum absolute atomic E-state index is 12.7. The second kappa shape index (κ2) is 7.24. The Labute approximate surface area is 143 Å². The molecule has 2 atom stereocenters. The van der Waals surface area contributed by atoms with Crippen LogP contribution in [-0.2, 0) is 16.0 Å². The molecular formula is C19H26N2O3. The van der Waals surface area contributed by atoms with Crippen molar-refractivity contribution in [3.63, 3.8) is 0 Å². The molecule has 3 aliphatic heterocycles. The first-order valence-electron chi connectivity index (χ1n) is 8.74. The summed E-state index contributed by atoms with van der Waals surface area (Å²) >= 11 is 0. The molecule has 1 aromatic rings. The van der Waals surface area contributed by atoms with Gasteiger partial charge in [-0.25, -0.2) is 0 Å². The van der Waals surface area contributed by atoms with E-state index in [0.29, 0.717) is 18.9 Å². The molecule has 0 aromatic heterocycles. The van der Waals surface area contributed by atoms with E-state index in [1.165, 1.54) is 0 Å². The Morgan fingerprint density at radius 2 is 2.04 bits per heavy atom. The number of piperidine rings is 1. The average Bonchev–Trinajstić information content (AvgIpc) is 2.92. The highest BCUT2D eigenvalue weighted by Crippen LogP contribution is 2.28. The van der Waals surface area contributed by atoms with Crippen molar-refractivity contribution in [1.29, 1.82) is 0 Å². The van der Waals surface area contributed by atoms with Crippen molar-refractivity contribution in [3.8, 4) is 5.75 Å². The Balaban J connectivity index is 1.61. The van der Waals surface area contributed by atoms with E-state index in [0.717, 1.165) is 43.7 Å². The number of nitrogens with zero attached hydrogens (tertiary/aromatic N) is 2. The summed E-state index contributed by atoms with van der Waals surface area (Å²) in [5.41, 5.74) is 1.12. The van der Waals surface area contributed by atoms with Crippen LogP contribution in [0.3, 0.4) is 0 Å². The zero-order chi connectivity index (χ0) is 17.1. The SMILES string of the molecule is COc1cccc(CCC(=O)N2C[C@@H]3CC[C@H]2CN(C(C)=O)C3)c1. The molecule has 2 bridgehead atoms. The number of carbonyl (C=O) groups is 2. The van der Waals surface area contributed by atoms with Gasteiger partial charge < -0.3 is 14.5 Å². The summed E-state index contributed by atoms with van der Waals surface area (Å²) in [5.74, 6) is 1.58. The van der Waals surface area contributed by atoms with Gasteiger partial charge in [0.1, 0.15) is 5.75 Å². The Kier molecular flexibility index (Phi) is 5.07. The van der Waals surface area contributed by atoms with E-state index in [9.17, 15) is 9.59 Å². The van der Waals surface area contributed by atoms with Crippen molar-refractivity contribution in [2.24, 2.45) is 5.92 Å². The summed E-state index contributed by atoms with van der Waals surface area (Å²) in [5, 5.41) is 0. The predicted octanol–water partition coefficient (Wildman–Crippen LogP) is 2.10. The maximum atomic E-state index is 12.7. The minimum absolute atomic E-state index is 0.123. The second-order valence-electron chi connectivity index (χ2n) is 6.92. The molecule has 0 saturated carbocycles. The summed E-state index contributed by atoms with van der Waals surface area (Å²) < 4.78 is 5.24. The quantitative estimate of drug-likeness (QED) is 0.849. The van der Waals surface area contributed by atoms with Crippen LogP contribution in [0, 0.1) is 5.92 Å². The van der Waals surface area contributed by atoms with Gasteiger partial charge in [-0.05, 0) is 42.9 Å². The molecule has 3 saturated heterocycles. The van der Waals surface area contributed by atoms with Crippen molar-refractivity contribution in [1.82, 2.24) is 9.80 Å². The van der Waals surface area contributed by atoms with Crippen molar-refractivity contribution in [2.75, 3.05) is 26.7 Å². The number of methoxy groups -OCH3 is 1. The van der Waals surface area contributed by atoms with Crippen LogP contribution < -0.4 is 4.74 Å². The zero-order valence-corrected chi connectivity index (χ0v) is 14.5. The molecule has 0 spiro atoms. The van der Waals surface area contributed by atoms with Gasteiger partial charge in [0.25, 0.3) is 0 Å². The largest absolute Gasteiger partial charge is 0.497 e. The zero-order valence-electron chi connectivity index (χ0n) is 14.5. The average molecular weight is 330 g/mol. The number of hydrogen-bond acceptors (Lipinski definition) is 3. The van der Waals surface area contributed by atoms with Crippen LogP contribution in [0.25, 0.3) is 0 Å². The molecule has 24 heavy (non-hydrogen) atoms. The van der Waals surface area contributed by atoms with Gasteiger partial charge in [-0.3, -0.25) is 9.59 Å². The third-order valence-electron chi connectivity index (χ3n) is 5.24. The molecule has 3 aliphatic rings. The van der Waals surface area contributed by atoms with E-state index in [1.54, 1.807) is 14.0 Å². The second-order valence-corrected chi connectivity index (χ2v) is 6.92. The molecular weight excluding hydrogens is 304 g/mol. The van der Waals surface area contributed by atoms with Gasteiger partial charge in [-0.15, -0.1) is 0 Å². The third kappa shape index (κ3) is 3.71. The lowest BCUT2D eigenvalue weighted by Gasteiger charge is -2.36. The van der Waals surface area contributed by atoms with Crippen LogP contribution in [0.1, 0.15) is 31.7 Å². The topological polar surface area (TPSA) is 49.9 Å². The van der Waals surface area contributed by atoms with Gasteiger partial charge >= 0.3 is 0 Å². The molecule has 5 heteroatoms. The molecule has 5 nitrogen and oxygen atoms in total. The minimum Gasteiger partial charge on any atom is -0.497 e. The van der Waals surface area contributed by atoms with Crippen molar-refractivity contribution in [3.05, 3.63) is 29.8 Å². The highest BCUT2D eigenvalue weighted by molar-refractivity contribution is 5.78. The van der Waals surface area contributed by atoms with Gasteiger partial charge in [-0.1, -0.05) is 12.1 Å². The van der Waals surface area contributed by atoms with Crippen LogP contribution in [-0.4, -0.2) is 54.4 Å². The first-order valence-corrected chi connectivity index (χ1v) is 8.74. The number of hydrogen-bond donors (Lipinski definition) is 0. The first kappa shape index (κ1) is 16.8. The van der Waals surface area contributed by atoms with Crippen LogP contribution in [0.5, 0.6) is 5.75 Å². The van der Waals surface area contributed by atoms with Gasteiger partial charge in [0.2, 0.25) is 11.8 Å². The highest BCUT2D eigenvalue weighted by atomic mass is 16.5. The number of carbonyl (C=O) groups excluding carboxylic acids is 2. The van der Waals surface area contributed by atoms with Gasteiger partial charge in [0, 0.05) is 39.0 Å². The Bertz CT molecular complexity index is 616. The smallest absolute Gasteiger partial charge is 0.223 e. The maximum Gasteiger partial charge on any atom is 0.223 e. The summed E-state index contributed by atoms with van der Waals surface area (Å²) in [6, 6.07) is 8.07. The lowest BCUT2D eigenvalue weighted by Crippen LogP contribution is -2.47. The van der Waals surface area contributed by atoms with E-state index in [1.807, 2.05) is 34.1 Å². The summed E-state index contributed by atoms with van der Waals surface area (Å²) in [4.78, 5) is 28.4. The summed E-state index contributed by atoms with van der Waals surface area (Å²) in [6.07, 6.45) is 3.37. The first-order chi connectivity index (χ1) is 11.6. The number of ether oxygens (including phenoxy) is 1. The molecule has 3 heterocycles. The van der Waals surface area contributed by atoms with Crippen LogP contribution in [0.15, 0.2) is 24.3 Å². The Morgan fingerprint density at radius 3 is 2.79 bits per heavy atom. The fraction of sp³-hybridized carbons (Fsp3) is 0.579. The minimum atomic E-state index is 0.123. The highest BCUT2D eigenvalue weighted by Gasteiger charge is 2.37. The van der Waals surface area contributed by atoms with Crippen molar-refractivity contribution in [2.45, 2.75) is 38.6 Å². The van der Waals surface area contributed by atoms with E-state index in [-0.39, 0.29) is 17.9 Å². The molecule has 2 amide bonds. The monoisotopic (exact) mass is 330 g/mol. The summed E-state index contributed by atoms with van der Waals surface area (Å²) in [6.45, 7) is 3.91. The van der Waals surface area contributed by atoms with E-state index in [4.69, 9.17) is 4.74 Å².